The molecule has 36 heavy (non-hydrogen) atoms. The van der Waals surface area contributed by atoms with E-state index in [2.05, 4.69) is 5.43 Å². The zero-order valence-corrected chi connectivity index (χ0v) is 20.5. The Morgan fingerprint density at radius 2 is 1.58 bits per heavy atom. The van der Waals surface area contributed by atoms with E-state index in [1.165, 1.54) is 19.3 Å². The smallest absolute Gasteiger partial charge is 0.426 e. The van der Waals surface area contributed by atoms with Crippen LogP contribution in [0.4, 0.5) is 4.79 Å². The maximum absolute atomic E-state index is 13.5. The second-order valence-corrected chi connectivity index (χ2v) is 9.41. The van der Waals surface area contributed by atoms with Crippen LogP contribution in [-0.2, 0) is 37.0 Å². The van der Waals surface area contributed by atoms with Crippen molar-refractivity contribution in [2.45, 2.75) is 76.9 Å². The molecule has 8 nitrogen and oxygen atoms in total. The normalized spacial score (nSPS) is 19.9. The lowest BCUT2D eigenvalue weighted by atomic mass is 9.86. The molecule has 8 heteroatoms. The fraction of sp³-hybridized carbons (Fsp3) is 0.464. The average molecular weight is 495 g/mol. The molecule has 192 valence electrons. The van der Waals surface area contributed by atoms with E-state index in [0.29, 0.717) is 12.3 Å². The number of benzene rings is 2. The standard InChI is InChI=1S/C28H34N2O6/c31-25(17-16-22-10-4-1-5-11-22)30(29-27(33)34-20-23-12-6-2-7-13-23)28(19-18-26(32)36-28)35-21-24-14-8-3-9-15-24/h2-3,6-9,12-15,22H,1,4-5,10-11,16-21H2,(H,29,33). The van der Waals surface area contributed by atoms with Gasteiger partial charge in [-0.2, -0.15) is 5.01 Å². The van der Waals surface area contributed by atoms with Crippen molar-refractivity contribution >= 4 is 18.0 Å². The molecule has 0 bridgehead atoms. The summed E-state index contributed by atoms with van der Waals surface area (Å²) in [5.41, 5.74) is 4.19. The van der Waals surface area contributed by atoms with Crippen molar-refractivity contribution < 1.29 is 28.6 Å². The Hall–Kier alpha value is -3.39. The number of cyclic esters (lactones) is 1. The summed E-state index contributed by atoms with van der Waals surface area (Å²) in [5, 5.41) is 1.04. The third kappa shape index (κ3) is 7.07. The molecule has 2 amide bonds. The number of hydrogen-bond donors (Lipinski definition) is 1. The Labute approximate surface area is 211 Å². The quantitative estimate of drug-likeness (QED) is 0.292. The highest BCUT2D eigenvalue weighted by atomic mass is 16.7. The zero-order valence-electron chi connectivity index (χ0n) is 20.5. The van der Waals surface area contributed by atoms with Gasteiger partial charge >= 0.3 is 18.0 Å². The predicted molar refractivity (Wildman–Crippen MR) is 132 cm³/mol. The van der Waals surface area contributed by atoms with E-state index in [0.717, 1.165) is 29.0 Å². The fourth-order valence-electron chi connectivity index (χ4n) is 4.73. The van der Waals surface area contributed by atoms with E-state index in [9.17, 15) is 14.4 Å². The van der Waals surface area contributed by atoms with Gasteiger partial charge < -0.3 is 14.2 Å². The van der Waals surface area contributed by atoms with Crippen LogP contribution in [0, 0.1) is 5.92 Å². The van der Waals surface area contributed by atoms with E-state index in [1.54, 1.807) is 0 Å². The lowest BCUT2D eigenvalue weighted by molar-refractivity contribution is -0.293. The SMILES string of the molecule is O=C1CCC(OCc2ccccc2)(N(NC(=O)OCc2ccccc2)C(=O)CCC2CCCCC2)O1. The molecule has 2 aromatic rings. The van der Waals surface area contributed by atoms with Gasteiger partial charge in [0.05, 0.1) is 13.0 Å². The van der Waals surface area contributed by atoms with Gasteiger partial charge in [-0.15, -0.1) is 0 Å². The number of rotatable bonds is 9. The highest BCUT2D eigenvalue weighted by Gasteiger charge is 2.51. The highest BCUT2D eigenvalue weighted by Crippen LogP contribution is 2.34. The highest BCUT2D eigenvalue weighted by molar-refractivity contribution is 5.81. The molecule has 0 spiro atoms. The minimum atomic E-state index is -1.73. The van der Waals surface area contributed by atoms with Crippen LogP contribution in [-0.4, -0.2) is 28.9 Å². The van der Waals surface area contributed by atoms with Crippen LogP contribution < -0.4 is 5.43 Å². The maximum Gasteiger partial charge on any atom is 0.426 e. The van der Waals surface area contributed by atoms with Crippen molar-refractivity contribution in [3.05, 3.63) is 71.8 Å². The van der Waals surface area contributed by atoms with Crippen LogP contribution in [0.5, 0.6) is 0 Å². The Bertz CT molecular complexity index is 1010. The lowest BCUT2D eigenvalue weighted by Crippen LogP contribution is -2.61. The number of carbonyl (C=O) groups is 3. The Morgan fingerprint density at radius 1 is 0.944 bits per heavy atom. The van der Waals surface area contributed by atoms with Crippen molar-refractivity contribution in [1.29, 1.82) is 0 Å². The number of esters is 1. The van der Waals surface area contributed by atoms with Crippen LogP contribution in [0.25, 0.3) is 0 Å². The van der Waals surface area contributed by atoms with Crippen LogP contribution in [0.3, 0.4) is 0 Å². The van der Waals surface area contributed by atoms with E-state index >= 15 is 0 Å². The maximum atomic E-state index is 13.5. The summed E-state index contributed by atoms with van der Waals surface area (Å²) in [5.74, 6) is -2.13. The molecule has 2 aliphatic rings. The number of ether oxygens (including phenoxy) is 3. The largest absolute Gasteiger partial charge is 0.443 e. The van der Waals surface area contributed by atoms with E-state index < -0.39 is 18.0 Å². The van der Waals surface area contributed by atoms with Gasteiger partial charge in [0.2, 0.25) is 5.91 Å². The summed E-state index contributed by atoms with van der Waals surface area (Å²) < 4.78 is 17.0. The molecule has 1 saturated heterocycles. The first-order chi connectivity index (χ1) is 17.5. The molecular weight excluding hydrogens is 460 g/mol. The Morgan fingerprint density at radius 3 is 2.19 bits per heavy atom. The number of nitrogens with one attached hydrogen (secondary N) is 1. The van der Waals surface area contributed by atoms with Gasteiger partial charge in [0.1, 0.15) is 6.61 Å². The molecule has 4 rings (SSSR count). The van der Waals surface area contributed by atoms with Crippen molar-refractivity contribution in [2.24, 2.45) is 5.92 Å². The minimum Gasteiger partial charge on any atom is -0.443 e. The predicted octanol–water partition coefficient (Wildman–Crippen LogP) is 5.22. The third-order valence-corrected chi connectivity index (χ3v) is 6.72. The monoisotopic (exact) mass is 494 g/mol. The molecule has 2 aromatic carbocycles. The van der Waals surface area contributed by atoms with Crippen LogP contribution >= 0.6 is 0 Å². The second kappa shape index (κ2) is 12.5. The van der Waals surface area contributed by atoms with Crippen molar-refractivity contribution in [3.8, 4) is 0 Å². The first-order valence-corrected chi connectivity index (χ1v) is 12.7. The summed E-state index contributed by atoms with van der Waals surface area (Å²) in [6, 6.07) is 18.6. The van der Waals surface area contributed by atoms with E-state index in [1.807, 2.05) is 60.7 Å². The number of hydrazine groups is 1. The summed E-state index contributed by atoms with van der Waals surface area (Å²) in [7, 11) is 0. The lowest BCUT2D eigenvalue weighted by Gasteiger charge is -2.38. The topological polar surface area (TPSA) is 94.2 Å². The van der Waals surface area contributed by atoms with Crippen molar-refractivity contribution in [3.63, 3.8) is 0 Å². The summed E-state index contributed by atoms with van der Waals surface area (Å²) in [6.07, 6.45) is 6.05. The molecule has 0 aromatic heterocycles. The van der Waals surface area contributed by atoms with Gasteiger partial charge in [-0.05, 0) is 23.5 Å². The number of nitrogens with zero attached hydrogens (tertiary/aromatic N) is 1. The van der Waals surface area contributed by atoms with Gasteiger partial charge in [0, 0.05) is 12.8 Å². The second-order valence-electron chi connectivity index (χ2n) is 9.41. The third-order valence-electron chi connectivity index (χ3n) is 6.72. The molecule has 1 aliphatic carbocycles. The van der Waals surface area contributed by atoms with Crippen LogP contribution in [0.2, 0.25) is 0 Å². The summed E-state index contributed by atoms with van der Waals surface area (Å²) in [6.45, 7) is 0.135. The first kappa shape index (κ1) is 25.7. The molecular formula is C28H34N2O6. The minimum absolute atomic E-state index is 0.0361. The average Bonchev–Trinajstić information content (AvgIpc) is 3.31. The summed E-state index contributed by atoms with van der Waals surface area (Å²) >= 11 is 0. The van der Waals surface area contributed by atoms with Gasteiger partial charge in [-0.25, -0.2) is 10.2 Å². The Balaban J connectivity index is 1.48. The molecule has 1 saturated carbocycles. The molecule has 0 radical (unpaired) electrons. The molecule has 1 heterocycles. The number of carbonyl (C=O) groups excluding carboxylic acids is 3. The molecule has 2 fully saturated rings. The van der Waals surface area contributed by atoms with E-state index in [4.69, 9.17) is 14.2 Å². The number of amides is 2. The molecule has 1 aliphatic heterocycles. The van der Waals surface area contributed by atoms with Crippen molar-refractivity contribution in [2.75, 3.05) is 0 Å². The first-order valence-electron chi connectivity index (χ1n) is 12.7. The van der Waals surface area contributed by atoms with Crippen LogP contribution in [0.1, 0.15) is 68.9 Å². The van der Waals surface area contributed by atoms with Gasteiger partial charge in [0.15, 0.2) is 0 Å². The Kier molecular flexibility index (Phi) is 8.95. The van der Waals surface area contributed by atoms with Crippen LogP contribution in [0.15, 0.2) is 60.7 Å². The van der Waals surface area contributed by atoms with Gasteiger partial charge in [-0.3, -0.25) is 9.59 Å². The fourth-order valence-corrected chi connectivity index (χ4v) is 4.73. The van der Waals surface area contributed by atoms with Gasteiger partial charge in [-0.1, -0.05) is 92.8 Å². The molecule has 1 N–H and O–H groups in total. The number of hydrogen-bond acceptors (Lipinski definition) is 6. The van der Waals surface area contributed by atoms with E-state index in [-0.39, 0.29) is 38.4 Å². The van der Waals surface area contributed by atoms with Crippen molar-refractivity contribution in [1.82, 2.24) is 10.4 Å². The molecule has 1 atom stereocenters. The summed E-state index contributed by atoms with van der Waals surface area (Å²) in [4.78, 5) is 38.5. The zero-order chi connectivity index (χ0) is 25.2. The molecule has 1 unspecified atom stereocenters. The van der Waals surface area contributed by atoms with Gasteiger partial charge in [0.25, 0.3) is 0 Å².